The maximum absolute atomic E-state index is 3.99. The minimum absolute atomic E-state index is 1.12. The number of benzene rings is 1. The molecular weight excluding hydrogens is 398 g/mol. The summed E-state index contributed by atoms with van der Waals surface area (Å²) in [4.78, 5) is 2.56. The Hall–Kier alpha value is -2.12. The molecule has 1 fully saturated rings. The molecule has 1 saturated heterocycles. The topological polar surface area (TPSA) is 3.24 Å². The molecule has 0 aliphatic carbocycles. The Bertz CT molecular complexity index is 648. The van der Waals surface area contributed by atoms with Crippen LogP contribution in [0, 0.1) is 13.8 Å². The summed E-state index contributed by atoms with van der Waals surface area (Å²) in [5.41, 5.74) is 6.46. The highest BCUT2D eigenvalue weighted by molar-refractivity contribution is 5.29. The summed E-state index contributed by atoms with van der Waals surface area (Å²) in [6.45, 7) is 31.3. The summed E-state index contributed by atoms with van der Waals surface area (Å²) in [5, 5.41) is 0. The van der Waals surface area contributed by atoms with E-state index < -0.39 is 0 Å². The number of hydrogen-bond acceptors (Lipinski definition) is 1. The van der Waals surface area contributed by atoms with Crippen molar-refractivity contribution in [1.29, 1.82) is 0 Å². The molecule has 1 aliphatic rings. The molecule has 2 rings (SSSR count). The lowest BCUT2D eigenvalue weighted by Gasteiger charge is -2.14. The van der Waals surface area contributed by atoms with E-state index in [2.05, 4.69) is 89.3 Å². The predicted octanol–water partition coefficient (Wildman–Crippen LogP) is 9.80. The highest BCUT2D eigenvalue weighted by atomic mass is 15.1. The molecule has 0 aromatic heterocycles. The van der Waals surface area contributed by atoms with Crippen LogP contribution >= 0.6 is 0 Å². The number of aryl methyl sites for hydroxylation is 2. The highest BCUT2D eigenvalue weighted by Gasteiger charge is 2.10. The van der Waals surface area contributed by atoms with Gasteiger partial charge < -0.3 is 4.90 Å². The standard InChI is InChI=1S/C14H23N.C8H10.C8H14.C2H6/c1-4-8-14(13(2)3)9-7-12-15-10-5-6-11-15;1-7-3-5-8(2)6-4-7;1-4-5-6-7-8(2)3;1-2/h4,8H,1-2,5-7,9-12H2,3H3;3-6H,1-2H3;4H,1-2,5-7H2,3H3;1-2H3/b14-8-;;;. The molecule has 33 heavy (non-hydrogen) atoms. The Morgan fingerprint density at radius 1 is 0.879 bits per heavy atom. The largest absolute Gasteiger partial charge is 0.303 e. The Morgan fingerprint density at radius 3 is 1.79 bits per heavy atom. The van der Waals surface area contributed by atoms with Crippen LogP contribution in [0.25, 0.3) is 0 Å². The molecule has 0 saturated carbocycles. The van der Waals surface area contributed by atoms with Crippen LogP contribution in [0.3, 0.4) is 0 Å². The zero-order valence-corrected chi connectivity index (χ0v) is 22.9. The van der Waals surface area contributed by atoms with Gasteiger partial charge in [-0.15, -0.1) is 13.2 Å². The molecule has 1 aliphatic heterocycles. The van der Waals surface area contributed by atoms with E-state index >= 15 is 0 Å². The van der Waals surface area contributed by atoms with E-state index in [0.717, 1.165) is 19.3 Å². The van der Waals surface area contributed by atoms with Crippen LogP contribution in [0.5, 0.6) is 0 Å². The van der Waals surface area contributed by atoms with Crippen molar-refractivity contribution in [1.82, 2.24) is 4.90 Å². The molecule has 0 N–H and O–H groups in total. The second kappa shape index (κ2) is 23.1. The normalized spacial score (nSPS) is 12.7. The van der Waals surface area contributed by atoms with Crippen molar-refractivity contribution in [3.8, 4) is 0 Å². The minimum atomic E-state index is 1.12. The zero-order chi connectivity index (χ0) is 25.5. The molecule has 0 atom stereocenters. The lowest BCUT2D eigenvalue weighted by atomic mass is 10.0. The summed E-state index contributed by atoms with van der Waals surface area (Å²) >= 11 is 0. The lowest BCUT2D eigenvalue weighted by molar-refractivity contribution is 0.334. The first-order valence-corrected chi connectivity index (χ1v) is 12.8. The number of allylic oxidation sites excluding steroid dienone is 6. The van der Waals surface area contributed by atoms with Gasteiger partial charge in [0.15, 0.2) is 0 Å². The summed E-state index contributed by atoms with van der Waals surface area (Å²) in [5.74, 6) is 0. The Labute approximate surface area is 207 Å². The molecule has 0 bridgehead atoms. The number of unbranched alkanes of at least 4 members (excludes halogenated alkanes) is 1. The quantitative estimate of drug-likeness (QED) is 0.194. The molecular formula is C32H53N. The molecule has 1 nitrogen and oxygen atoms in total. The van der Waals surface area contributed by atoms with Crippen molar-refractivity contribution in [2.24, 2.45) is 0 Å². The van der Waals surface area contributed by atoms with Crippen LogP contribution in [0.1, 0.15) is 83.8 Å². The van der Waals surface area contributed by atoms with Gasteiger partial charge in [0, 0.05) is 0 Å². The van der Waals surface area contributed by atoms with E-state index in [9.17, 15) is 0 Å². The van der Waals surface area contributed by atoms with E-state index in [1.165, 1.54) is 73.2 Å². The fourth-order valence-electron chi connectivity index (χ4n) is 3.27. The molecule has 1 heteroatoms. The molecule has 0 unspecified atom stereocenters. The third-order valence-electron chi connectivity index (χ3n) is 5.22. The van der Waals surface area contributed by atoms with Crippen LogP contribution in [-0.4, -0.2) is 24.5 Å². The van der Waals surface area contributed by atoms with Gasteiger partial charge in [0.05, 0.1) is 0 Å². The Morgan fingerprint density at radius 2 is 1.39 bits per heavy atom. The van der Waals surface area contributed by atoms with Crippen molar-refractivity contribution in [2.45, 2.75) is 86.5 Å². The third-order valence-corrected chi connectivity index (χ3v) is 5.22. The fraction of sp³-hybridized carbons (Fsp3) is 0.500. The zero-order valence-electron chi connectivity index (χ0n) is 22.9. The van der Waals surface area contributed by atoms with Crippen LogP contribution in [0.4, 0.5) is 0 Å². The smallest absolute Gasteiger partial charge is 0.00156 e. The average molecular weight is 452 g/mol. The van der Waals surface area contributed by atoms with Gasteiger partial charge in [-0.25, -0.2) is 0 Å². The minimum Gasteiger partial charge on any atom is -0.303 e. The monoisotopic (exact) mass is 451 g/mol. The molecule has 1 aromatic rings. The summed E-state index contributed by atoms with van der Waals surface area (Å²) in [6.07, 6.45) is 14.5. The molecule has 186 valence electrons. The number of rotatable bonds is 10. The SMILES string of the molecule is C=C/C=C(/CCCN1CCCC1)C(=C)C.C=CCCCC(=C)C.CC.Cc1ccc(C)cc1. The first-order chi connectivity index (χ1) is 15.8. The average Bonchev–Trinajstić information content (AvgIpc) is 3.31. The molecule has 0 amide bonds. The number of hydrogen-bond donors (Lipinski definition) is 0. The molecule has 0 radical (unpaired) electrons. The molecule has 1 heterocycles. The summed E-state index contributed by atoms with van der Waals surface area (Å²) in [7, 11) is 0. The Balaban J connectivity index is 0. The number of likely N-dealkylation sites (tertiary alicyclic amines) is 1. The van der Waals surface area contributed by atoms with Crippen molar-refractivity contribution < 1.29 is 0 Å². The van der Waals surface area contributed by atoms with E-state index in [0.29, 0.717) is 0 Å². The third kappa shape index (κ3) is 21.5. The van der Waals surface area contributed by atoms with Crippen LogP contribution in [0.2, 0.25) is 0 Å². The van der Waals surface area contributed by atoms with Gasteiger partial charge in [-0.2, -0.15) is 0 Å². The highest BCUT2D eigenvalue weighted by Crippen LogP contribution is 2.16. The van der Waals surface area contributed by atoms with E-state index in [1.807, 2.05) is 26.0 Å². The van der Waals surface area contributed by atoms with Gasteiger partial charge in [-0.1, -0.05) is 91.8 Å². The molecule has 1 aromatic carbocycles. The van der Waals surface area contributed by atoms with Crippen LogP contribution in [0.15, 0.2) is 85.5 Å². The van der Waals surface area contributed by atoms with Gasteiger partial charge in [0.25, 0.3) is 0 Å². The summed E-state index contributed by atoms with van der Waals surface area (Å²) in [6, 6.07) is 8.48. The van der Waals surface area contributed by atoms with Gasteiger partial charge in [-0.3, -0.25) is 0 Å². The van der Waals surface area contributed by atoms with Gasteiger partial charge in [0.2, 0.25) is 0 Å². The van der Waals surface area contributed by atoms with Crippen molar-refractivity contribution >= 4 is 0 Å². The van der Waals surface area contributed by atoms with Crippen molar-refractivity contribution in [3.63, 3.8) is 0 Å². The fourth-order valence-corrected chi connectivity index (χ4v) is 3.27. The second-order valence-electron chi connectivity index (χ2n) is 8.65. The second-order valence-corrected chi connectivity index (χ2v) is 8.65. The lowest BCUT2D eigenvalue weighted by Crippen LogP contribution is -2.20. The van der Waals surface area contributed by atoms with E-state index in [-0.39, 0.29) is 0 Å². The maximum Gasteiger partial charge on any atom is -0.00156 e. The van der Waals surface area contributed by atoms with Crippen molar-refractivity contribution in [3.05, 3.63) is 96.7 Å². The first-order valence-electron chi connectivity index (χ1n) is 12.8. The van der Waals surface area contributed by atoms with E-state index in [4.69, 9.17) is 0 Å². The molecule has 0 spiro atoms. The van der Waals surface area contributed by atoms with Crippen LogP contribution < -0.4 is 0 Å². The predicted molar refractivity (Wildman–Crippen MR) is 154 cm³/mol. The summed E-state index contributed by atoms with van der Waals surface area (Å²) < 4.78 is 0. The van der Waals surface area contributed by atoms with Crippen molar-refractivity contribution in [2.75, 3.05) is 19.6 Å². The van der Waals surface area contributed by atoms with Gasteiger partial charge in [0.1, 0.15) is 0 Å². The Kier molecular flexibility index (Phi) is 23.1. The number of nitrogens with zero attached hydrogens (tertiary/aromatic N) is 1. The van der Waals surface area contributed by atoms with E-state index in [1.54, 1.807) is 0 Å². The van der Waals surface area contributed by atoms with Gasteiger partial charge in [-0.05, 0) is 97.8 Å². The maximum atomic E-state index is 3.99. The van der Waals surface area contributed by atoms with Crippen LogP contribution in [-0.2, 0) is 0 Å². The first kappa shape index (κ1) is 33.1. The van der Waals surface area contributed by atoms with Gasteiger partial charge >= 0.3 is 0 Å².